The lowest BCUT2D eigenvalue weighted by Gasteiger charge is -2.37. The summed E-state index contributed by atoms with van der Waals surface area (Å²) in [5.41, 5.74) is 0. The van der Waals surface area contributed by atoms with E-state index in [4.69, 9.17) is 9.73 Å². The summed E-state index contributed by atoms with van der Waals surface area (Å²) in [6.45, 7) is 10.9. The number of morpholine rings is 1. The first-order valence-corrected chi connectivity index (χ1v) is 10.9. The lowest BCUT2D eigenvalue weighted by atomic mass is 10.2. The highest BCUT2D eigenvalue weighted by molar-refractivity contribution is 7.19. The second-order valence-electron chi connectivity index (χ2n) is 7.31. The molecule has 1 aliphatic heterocycles. The maximum atomic E-state index is 10.6. The molecule has 3 atom stereocenters. The standard InChI is InChI=1S/C21H32N4O2S/c1-4-22-21(23-12-15(2)25-9-10-27-14-16(25)3)24-13-18(26)20-11-17-7-5-6-8-19(17)28-20/h5-8,11,15-16,18,26H,4,9-10,12-14H2,1-3H3,(H2,22,23,24). The van der Waals surface area contributed by atoms with Crippen LogP contribution >= 0.6 is 11.3 Å². The van der Waals surface area contributed by atoms with Crippen molar-refractivity contribution in [1.29, 1.82) is 0 Å². The summed E-state index contributed by atoms with van der Waals surface area (Å²) < 4.78 is 6.73. The van der Waals surface area contributed by atoms with Gasteiger partial charge in [-0.25, -0.2) is 0 Å². The number of hydrogen-bond donors (Lipinski definition) is 3. The molecule has 2 heterocycles. The van der Waals surface area contributed by atoms with Crippen molar-refractivity contribution in [3.63, 3.8) is 0 Å². The summed E-state index contributed by atoms with van der Waals surface area (Å²) in [5.74, 6) is 0.746. The van der Waals surface area contributed by atoms with Crippen LogP contribution in [0.4, 0.5) is 0 Å². The molecule has 0 amide bonds. The molecule has 2 aromatic rings. The molecule has 1 fully saturated rings. The number of nitrogens with one attached hydrogen (secondary N) is 2. The van der Waals surface area contributed by atoms with Crippen molar-refractivity contribution in [2.24, 2.45) is 4.99 Å². The van der Waals surface area contributed by atoms with Crippen LogP contribution in [0.15, 0.2) is 35.3 Å². The van der Waals surface area contributed by atoms with Gasteiger partial charge in [0.15, 0.2) is 5.96 Å². The number of nitrogens with zero attached hydrogens (tertiary/aromatic N) is 2. The number of thiophene rings is 1. The number of hydrogen-bond acceptors (Lipinski definition) is 5. The maximum absolute atomic E-state index is 10.6. The minimum atomic E-state index is -0.557. The Balaban J connectivity index is 1.56. The first-order chi connectivity index (χ1) is 13.6. The molecule has 0 bridgehead atoms. The van der Waals surface area contributed by atoms with Gasteiger partial charge in [-0.15, -0.1) is 11.3 Å². The van der Waals surface area contributed by atoms with Crippen LogP contribution in [0.1, 0.15) is 31.8 Å². The molecule has 3 rings (SSSR count). The van der Waals surface area contributed by atoms with Crippen LogP contribution in [-0.4, -0.2) is 67.4 Å². The van der Waals surface area contributed by atoms with Crippen molar-refractivity contribution >= 4 is 27.4 Å². The first kappa shape index (κ1) is 21.0. The monoisotopic (exact) mass is 404 g/mol. The largest absolute Gasteiger partial charge is 0.386 e. The number of aliphatic hydroxyl groups excluding tert-OH is 1. The maximum Gasteiger partial charge on any atom is 0.191 e. The average Bonchev–Trinajstić information content (AvgIpc) is 3.14. The van der Waals surface area contributed by atoms with E-state index < -0.39 is 6.10 Å². The summed E-state index contributed by atoms with van der Waals surface area (Å²) in [4.78, 5) is 8.15. The number of ether oxygens (including phenoxy) is 1. The molecule has 1 aliphatic rings. The number of rotatable bonds is 7. The summed E-state index contributed by atoms with van der Waals surface area (Å²) in [7, 11) is 0. The van der Waals surface area contributed by atoms with Crippen LogP contribution in [-0.2, 0) is 4.74 Å². The Hall–Kier alpha value is -1.67. The van der Waals surface area contributed by atoms with Gasteiger partial charge in [-0.1, -0.05) is 18.2 Å². The summed E-state index contributed by atoms with van der Waals surface area (Å²) >= 11 is 1.64. The molecule has 1 aromatic carbocycles. The molecule has 0 spiro atoms. The molecule has 1 aromatic heterocycles. The Bertz CT molecular complexity index is 746. The zero-order valence-electron chi connectivity index (χ0n) is 17.0. The van der Waals surface area contributed by atoms with E-state index in [1.165, 1.54) is 10.1 Å². The zero-order chi connectivity index (χ0) is 19.9. The lowest BCUT2D eigenvalue weighted by Crippen LogP contribution is -2.49. The summed E-state index contributed by atoms with van der Waals surface area (Å²) in [6, 6.07) is 11.1. The third kappa shape index (κ3) is 5.44. The second kappa shape index (κ2) is 10.2. The van der Waals surface area contributed by atoms with Crippen LogP contribution in [0.5, 0.6) is 0 Å². The molecule has 154 valence electrons. The molecule has 0 aliphatic carbocycles. The Morgan fingerprint density at radius 3 is 2.96 bits per heavy atom. The molecular weight excluding hydrogens is 372 g/mol. The summed E-state index contributed by atoms with van der Waals surface area (Å²) in [6.07, 6.45) is -0.557. The Morgan fingerprint density at radius 1 is 1.39 bits per heavy atom. The molecule has 7 heteroatoms. The van der Waals surface area contributed by atoms with E-state index in [0.29, 0.717) is 25.2 Å². The summed E-state index contributed by atoms with van der Waals surface area (Å²) in [5, 5.41) is 18.3. The molecule has 28 heavy (non-hydrogen) atoms. The van der Waals surface area contributed by atoms with E-state index in [-0.39, 0.29) is 0 Å². The van der Waals surface area contributed by atoms with Crippen LogP contribution in [0.3, 0.4) is 0 Å². The average molecular weight is 405 g/mol. The molecule has 6 nitrogen and oxygen atoms in total. The predicted octanol–water partition coefficient (Wildman–Crippen LogP) is 2.60. The normalized spacial score (nSPS) is 20.9. The highest BCUT2D eigenvalue weighted by atomic mass is 32.1. The van der Waals surface area contributed by atoms with Crippen LogP contribution in [0.2, 0.25) is 0 Å². The molecule has 0 radical (unpaired) electrons. The van der Waals surface area contributed by atoms with E-state index >= 15 is 0 Å². The quantitative estimate of drug-likeness (QED) is 0.489. The van der Waals surface area contributed by atoms with Gasteiger partial charge >= 0.3 is 0 Å². The topological polar surface area (TPSA) is 69.1 Å². The van der Waals surface area contributed by atoms with E-state index in [9.17, 15) is 5.11 Å². The van der Waals surface area contributed by atoms with Gasteiger partial charge in [0.05, 0.1) is 19.8 Å². The van der Waals surface area contributed by atoms with E-state index in [0.717, 1.165) is 37.1 Å². The fraction of sp³-hybridized carbons (Fsp3) is 0.571. The van der Waals surface area contributed by atoms with E-state index in [1.807, 2.05) is 19.1 Å². The molecule has 3 N–H and O–H groups in total. The molecule has 0 saturated carbocycles. The van der Waals surface area contributed by atoms with Crippen LogP contribution < -0.4 is 10.6 Å². The number of aliphatic imine (C=N–C) groups is 1. The minimum Gasteiger partial charge on any atom is -0.386 e. The fourth-order valence-electron chi connectivity index (χ4n) is 3.53. The highest BCUT2D eigenvalue weighted by Gasteiger charge is 2.23. The number of fused-ring (bicyclic) bond motifs is 1. The Morgan fingerprint density at radius 2 is 2.21 bits per heavy atom. The van der Waals surface area contributed by atoms with E-state index in [1.54, 1.807) is 11.3 Å². The van der Waals surface area contributed by atoms with Crippen molar-refractivity contribution in [2.45, 2.75) is 39.0 Å². The van der Waals surface area contributed by atoms with Crippen LogP contribution in [0, 0.1) is 0 Å². The lowest BCUT2D eigenvalue weighted by molar-refractivity contribution is -0.0165. The van der Waals surface area contributed by atoms with Gasteiger partial charge in [0.2, 0.25) is 0 Å². The van der Waals surface area contributed by atoms with Crippen molar-refractivity contribution in [1.82, 2.24) is 15.5 Å². The van der Waals surface area contributed by atoms with E-state index in [2.05, 4.69) is 47.6 Å². The second-order valence-corrected chi connectivity index (χ2v) is 8.43. The van der Waals surface area contributed by atoms with Gasteiger partial charge in [-0.05, 0) is 38.3 Å². The zero-order valence-corrected chi connectivity index (χ0v) is 17.8. The SMILES string of the molecule is CCNC(=NCC(C)N1CCOCC1C)NCC(O)c1cc2ccccc2s1. The van der Waals surface area contributed by atoms with Crippen molar-refractivity contribution in [3.05, 3.63) is 35.2 Å². The van der Waals surface area contributed by atoms with Gasteiger partial charge in [0, 0.05) is 41.3 Å². The minimum absolute atomic E-state index is 0.349. The molecule has 3 unspecified atom stereocenters. The van der Waals surface area contributed by atoms with Crippen molar-refractivity contribution in [2.75, 3.05) is 39.4 Å². The third-order valence-electron chi connectivity index (χ3n) is 5.08. The molecule has 1 saturated heterocycles. The molecular formula is C21H32N4O2S. The highest BCUT2D eigenvalue weighted by Crippen LogP contribution is 2.29. The Kier molecular flexibility index (Phi) is 7.67. The number of guanidine groups is 1. The van der Waals surface area contributed by atoms with Gasteiger partial charge < -0.3 is 20.5 Å². The van der Waals surface area contributed by atoms with Crippen molar-refractivity contribution < 1.29 is 9.84 Å². The van der Waals surface area contributed by atoms with Gasteiger partial charge in [0.1, 0.15) is 6.10 Å². The smallest absolute Gasteiger partial charge is 0.191 e. The number of aliphatic hydroxyl groups is 1. The fourth-order valence-corrected chi connectivity index (χ4v) is 4.58. The predicted molar refractivity (Wildman–Crippen MR) is 117 cm³/mol. The van der Waals surface area contributed by atoms with Crippen molar-refractivity contribution in [3.8, 4) is 0 Å². The number of benzene rings is 1. The van der Waals surface area contributed by atoms with Gasteiger partial charge in [0.25, 0.3) is 0 Å². The van der Waals surface area contributed by atoms with Gasteiger partial charge in [-0.2, -0.15) is 0 Å². The Labute approximate surface area is 171 Å². The third-order valence-corrected chi connectivity index (χ3v) is 6.30. The first-order valence-electron chi connectivity index (χ1n) is 10.1. The van der Waals surface area contributed by atoms with Crippen LogP contribution in [0.25, 0.3) is 10.1 Å². The van der Waals surface area contributed by atoms with Gasteiger partial charge in [-0.3, -0.25) is 9.89 Å².